The molecule has 2 N–H and O–H groups in total. The maximum Gasteiger partial charge on any atom is 0.149 e. The van der Waals surface area contributed by atoms with Gasteiger partial charge in [-0.3, -0.25) is 0 Å². The van der Waals surface area contributed by atoms with Crippen LogP contribution in [-0.4, -0.2) is 32.2 Å². The number of nitriles is 2. The van der Waals surface area contributed by atoms with E-state index in [1.54, 1.807) is 0 Å². The molecule has 1 saturated heterocycles. The first-order valence-electron chi connectivity index (χ1n) is 8.23. The molecule has 0 bridgehead atoms. The predicted molar refractivity (Wildman–Crippen MR) is 99.3 cm³/mol. The second kappa shape index (κ2) is 6.70. The molecule has 1 fully saturated rings. The fourth-order valence-electron chi connectivity index (χ4n) is 3.18. The van der Waals surface area contributed by atoms with Gasteiger partial charge in [-0.15, -0.1) is 0 Å². The van der Waals surface area contributed by atoms with Gasteiger partial charge in [0.1, 0.15) is 34.9 Å². The van der Waals surface area contributed by atoms with Crippen molar-refractivity contribution in [3.05, 3.63) is 35.4 Å². The normalized spacial score (nSPS) is 13.4. The molecule has 6 nitrogen and oxygen atoms in total. The van der Waals surface area contributed by atoms with Crippen molar-refractivity contribution in [2.75, 3.05) is 42.7 Å². The van der Waals surface area contributed by atoms with Gasteiger partial charge in [0.25, 0.3) is 0 Å². The van der Waals surface area contributed by atoms with Gasteiger partial charge in [0.2, 0.25) is 0 Å². The van der Waals surface area contributed by atoms with Crippen LogP contribution >= 0.6 is 0 Å². The van der Waals surface area contributed by atoms with E-state index in [1.807, 2.05) is 43.3 Å². The van der Waals surface area contributed by atoms with E-state index in [1.165, 1.54) is 0 Å². The van der Waals surface area contributed by atoms with E-state index >= 15 is 0 Å². The molecule has 0 saturated carbocycles. The highest BCUT2D eigenvalue weighted by Gasteiger charge is 2.25. The third kappa shape index (κ3) is 2.95. The highest BCUT2D eigenvalue weighted by Crippen LogP contribution is 2.36. The van der Waals surface area contributed by atoms with Gasteiger partial charge in [-0.2, -0.15) is 10.5 Å². The number of nitrogen functional groups attached to an aromatic ring is 1. The van der Waals surface area contributed by atoms with Gasteiger partial charge in [0.15, 0.2) is 0 Å². The first-order valence-corrected chi connectivity index (χ1v) is 8.23. The molecule has 0 amide bonds. The van der Waals surface area contributed by atoms with Crippen LogP contribution in [0.5, 0.6) is 0 Å². The van der Waals surface area contributed by atoms with Crippen molar-refractivity contribution in [1.82, 2.24) is 4.98 Å². The summed E-state index contributed by atoms with van der Waals surface area (Å²) in [5.74, 6) is 0.762. The minimum absolute atomic E-state index is 0.176. The van der Waals surface area contributed by atoms with Gasteiger partial charge >= 0.3 is 0 Å². The van der Waals surface area contributed by atoms with E-state index in [-0.39, 0.29) is 11.4 Å². The van der Waals surface area contributed by atoms with Crippen LogP contribution in [0.25, 0.3) is 11.1 Å². The Morgan fingerprint density at radius 3 is 2.16 bits per heavy atom. The Hall–Kier alpha value is -3.25. The van der Waals surface area contributed by atoms with Crippen LogP contribution in [0.2, 0.25) is 0 Å². The van der Waals surface area contributed by atoms with Gasteiger partial charge < -0.3 is 15.5 Å². The van der Waals surface area contributed by atoms with Crippen LogP contribution in [-0.2, 0) is 0 Å². The molecule has 1 aromatic carbocycles. The van der Waals surface area contributed by atoms with E-state index in [0.29, 0.717) is 16.9 Å². The lowest BCUT2D eigenvalue weighted by Gasteiger charge is -2.21. The summed E-state index contributed by atoms with van der Waals surface area (Å²) in [4.78, 5) is 8.45. The Bertz CT molecular complexity index is 865. The van der Waals surface area contributed by atoms with Gasteiger partial charge in [0.05, 0.1) is 0 Å². The Balaban J connectivity index is 2.23. The first kappa shape index (κ1) is 16.6. The molecule has 2 aromatic rings. The number of aromatic nitrogens is 1. The summed E-state index contributed by atoms with van der Waals surface area (Å²) in [6, 6.07) is 12.1. The minimum atomic E-state index is 0.176. The molecule has 25 heavy (non-hydrogen) atoms. The topological polar surface area (TPSA) is 93.0 Å². The molecule has 1 aliphatic heterocycles. The summed E-state index contributed by atoms with van der Waals surface area (Å²) < 4.78 is 0. The number of pyridine rings is 1. The van der Waals surface area contributed by atoms with E-state index in [4.69, 9.17) is 5.73 Å². The Kier molecular flexibility index (Phi) is 4.45. The van der Waals surface area contributed by atoms with Crippen molar-refractivity contribution in [2.24, 2.45) is 0 Å². The van der Waals surface area contributed by atoms with Crippen LogP contribution in [0.4, 0.5) is 17.3 Å². The van der Waals surface area contributed by atoms with E-state index in [0.717, 1.165) is 37.2 Å². The lowest BCUT2D eigenvalue weighted by Crippen LogP contribution is -2.21. The Morgan fingerprint density at radius 1 is 1.04 bits per heavy atom. The molecule has 2 heterocycles. The molecule has 0 aliphatic carbocycles. The molecule has 1 aliphatic rings. The maximum atomic E-state index is 9.80. The zero-order chi connectivity index (χ0) is 18.0. The summed E-state index contributed by atoms with van der Waals surface area (Å²) >= 11 is 0. The number of rotatable bonds is 3. The van der Waals surface area contributed by atoms with Crippen molar-refractivity contribution < 1.29 is 0 Å². The molecule has 6 heteroatoms. The first-order chi connectivity index (χ1) is 12.1. The number of hydrogen-bond donors (Lipinski definition) is 1. The zero-order valence-electron chi connectivity index (χ0n) is 14.5. The molecular weight excluding hydrogens is 312 g/mol. The SMILES string of the molecule is CN(C)c1ccc(-c2c(C#N)c(N)nc(N3CCCC3)c2C#N)cc1. The van der Waals surface area contributed by atoms with Crippen LogP contribution in [0.3, 0.4) is 0 Å². The van der Waals surface area contributed by atoms with Gasteiger partial charge in [0, 0.05) is 38.4 Å². The monoisotopic (exact) mass is 332 g/mol. The number of hydrogen-bond acceptors (Lipinski definition) is 6. The smallest absolute Gasteiger partial charge is 0.149 e. The highest BCUT2D eigenvalue weighted by molar-refractivity contribution is 5.85. The van der Waals surface area contributed by atoms with Gasteiger partial charge in [-0.05, 0) is 30.5 Å². The molecular formula is C19H20N6. The number of nitrogens with zero attached hydrogens (tertiary/aromatic N) is 5. The van der Waals surface area contributed by atoms with Gasteiger partial charge in [-0.1, -0.05) is 12.1 Å². The molecule has 1 aromatic heterocycles. The summed E-state index contributed by atoms with van der Waals surface area (Å²) in [6.45, 7) is 1.71. The molecule has 0 spiro atoms. The quantitative estimate of drug-likeness (QED) is 0.929. The van der Waals surface area contributed by atoms with E-state index in [9.17, 15) is 10.5 Å². The fourth-order valence-corrected chi connectivity index (χ4v) is 3.18. The van der Waals surface area contributed by atoms with Crippen molar-refractivity contribution in [3.8, 4) is 23.3 Å². The van der Waals surface area contributed by atoms with Crippen molar-refractivity contribution in [3.63, 3.8) is 0 Å². The van der Waals surface area contributed by atoms with Crippen LogP contribution in [0.15, 0.2) is 24.3 Å². The molecule has 126 valence electrons. The lowest BCUT2D eigenvalue weighted by atomic mass is 9.95. The fraction of sp³-hybridized carbons (Fsp3) is 0.316. The molecule has 0 radical (unpaired) electrons. The minimum Gasteiger partial charge on any atom is -0.383 e. The maximum absolute atomic E-state index is 9.80. The molecule has 0 unspecified atom stereocenters. The standard InChI is InChI=1S/C19H20N6/c1-24(2)14-7-5-13(6-8-14)17-15(11-20)18(22)23-19(16(17)12-21)25-9-3-4-10-25/h5-8H,3-4,9-10H2,1-2H3,(H2,22,23). The summed E-state index contributed by atoms with van der Waals surface area (Å²) in [5.41, 5.74) is 9.16. The number of benzene rings is 1. The van der Waals surface area contributed by atoms with Crippen LogP contribution < -0.4 is 15.5 Å². The Morgan fingerprint density at radius 2 is 1.64 bits per heavy atom. The number of nitrogens with two attached hydrogens (primary N) is 1. The predicted octanol–water partition coefficient (Wildman–Crippen LogP) is 2.74. The third-order valence-corrected chi connectivity index (χ3v) is 4.51. The second-order valence-corrected chi connectivity index (χ2v) is 6.30. The van der Waals surface area contributed by atoms with E-state index in [2.05, 4.69) is 22.0 Å². The van der Waals surface area contributed by atoms with Gasteiger partial charge in [-0.25, -0.2) is 4.98 Å². The summed E-state index contributed by atoms with van der Waals surface area (Å²) in [6.07, 6.45) is 2.14. The van der Waals surface area contributed by atoms with Crippen molar-refractivity contribution >= 4 is 17.3 Å². The Labute approximate surface area is 147 Å². The zero-order valence-corrected chi connectivity index (χ0v) is 14.5. The van der Waals surface area contributed by atoms with Crippen molar-refractivity contribution in [1.29, 1.82) is 10.5 Å². The molecule has 0 atom stereocenters. The van der Waals surface area contributed by atoms with Crippen LogP contribution in [0, 0.1) is 22.7 Å². The third-order valence-electron chi connectivity index (χ3n) is 4.51. The lowest BCUT2D eigenvalue weighted by molar-refractivity contribution is 0.935. The average Bonchev–Trinajstić information content (AvgIpc) is 3.15. The van der Waals surface area contributed by atoms with Crippen molar-refractivity contribution in [2.45, 2.75) is 12.8 Å². The largest absolute Gasteiger partial charge is 0.383 e. The molecule has 3 rings (SSSR count). The second-order valence-electron chi connectivity index (χ2n) is 6.30. The summed E-state index contributed by atoms with van der Waals surface area (Å²) in [7, 11) is 3.93. The average molecular weight is 332 g/mol. The van der Waals surface area contributed by atoms with E-state index < -0.39 is 0 Å². The highest BCUT2D eigenvalue weighted by atomic mass is 15.2. The van der Waals surface area contributed by atoms with Crippen LogP contribution in [0.1, 0.15) is 24.0 Å². The number of anilines is 3. The summed E-state index contributed by atoms with van der Waals surface area (Å²) in [5, 5.41) is 19.4.